The van der Waals surface area contributed by atoms with Gasteiger partial charge in [-0.25, -0.2) is 9.97 Å². The van der Waals surface area contributed by atoms with E-state index in [1.165, 1.54) is 0 Å². The van der Waals surface area contributed by atoms with Crippen LogP contribution < -0.4 is 0 Å². The van der Waals surface area contributed by atoms with Crippen LogP contribution in [-0.4, -0.2) is 9.97 Å². The van der Waals surface area contributed by atoms with Crippen LogP contribution >= 0.6 is 0 Å². The lowest BCUT2D eigenvalue weighted by molar-refractivity contribution is 1.35. The molecule has 0 atom stereocenters. The summed E-state index contributed by atoms with van der Waals surface area (Å²) in [6, 6.07) is 26.8. The van der Waals surface area contributed by atoms with Crippen molar-refractivity contribution in [1.29, 1.82) is 0 Å². The van der Waals surface area contributed by atoms with Crippen LogP contribution in [0.4, 0.5) is 0 Å². The Hall–Kier alpha value is -3.26. The van der Waals surface area contributed by atoms with Crippen molar-refractivity contribution < 1.29 is 0 Å². The molecule has 0 N–H and O–H groups in total. The van der Waals surface area contributed by atoms with E-state index in [0.717, 1.165) is 43.8 Å². The van der Waals surface area contributed by atoms with Crippen LogP contribution in [0.2, 0.25) is 0 Å². The van der Waals surface area contributed by atoms with Crippen molar-refractivity contribution >= 4 is 32.6 Å². The Morgan fingerprint density at radius 3 is 2.04 bits per heavy atom. The normalized spacial score (nSPS) is 11.3. The van der Waals surface area contributed by atoms with Gasteiger partial charge in [0.25, 0.3) is 0 Å². The second-order valence-corrected chi connectivity index (χ2v) is 5.86. The fourth-order valence-electron chi connectivity index (χ4n) is 3.27. The van der Waals surface area contributed by atoms with Gasteiger partial charge < -0.3 is 0 Å². The molecule has 0 saturated heterocycles. The highest BCUT2D eigenvalue weighted by atomic mass is 14.7. The molecule has 24 heavy (non-hydrogen) atoms. The highest BCUT2D eigenvalue weighted by Gasteiger charge is 2.12. The quantitative estimate of drug-likeness (QED) is 0.387. The number of fused-ring (bicyclic) bond motifs is 3. The van der Waals surface area contributed by atoms with Crippen molar-refractivity contribution in [2.24, 2.45) is 0 Å². The number of rotatable bonds is 1. The third-order valence-corrected chi connectivity index (χ3v) is 4.39. The van der Waals surface area contributed by atoms with Crippen LogP contribution in [0.5, 0.6) is 0 Å². The van der Waals surface area contributed by atoms with Crippen LogP contribution in [0, 0.1) is 6.20 Å². The van der Waals surface area contributed by atoms with Crippen LogP contribution in [0.15, 0.2) is 78.9 Å². The molecular weight excluding hydrogens is 292 g/mol. The molecule has 0 fully saturated rings. The maximum absolute atomic E-state index is 4.79. The smallest absolute Gasteiger partial charge is 0.0978 e. The predicted octanol–water partition coefficient (Wildman–Crippen LogP) is 5.40. The molecule has 0 unspecified atom stereocenters. The first-order chi connectivity index (χ1) is 11.9. The van der Waals surface area contributed by atoms with Crippen molar-refractivity contribution in [1.82, 2.24) is 9.97 Å². The summed E-state index contributed by atoms with van der Waals surface area (Å²) in [4.78, 5) is 9.41. The monoisotopic (exact) mass is 305 g/mol. The van der Waals surface area contributed by atoms with Crippen LogP contribution in [0.1, 0.15) is 0 Å². The minimum absolute atomic E-state index is 0.934. The summed E-state index contributed by atoms with van der Waals surface area (Å²) >= 11 is 0. The average molecular weight is 305 g/mol. The minimum atomic E-state index is 0.934. The number of hydrogen-bond acceptors (Lipinski definition) is 2. The summed E-state index contributed by atoms with van der Waals surface area (Å²) < 4.78 is 0. The highest BCUT2D eigenvalue weighted by molar-refractivity contribution is 6.09. The van der Waals surface area contributed by atoms with E-state index in [0.29, 0.717) is 0 Å². The van der Waals surface area contributed by atoms with Crippen LogP contribution in [0.25, 0.3) is 43.8 Å². The number of para-hydroxylation sites is 2. The topological polar surface area (TPSA) is 25.8 Å². The lowest BCUT2D eigenvalue weighted by Crippen LogP contribution is -1.91. The van der Waals surface area contributed by atoms with Crippen molar-refractivity contribution in [3.8, 4) is 11.3 Å². The fraction of sp³-hybridized carbons (Fsp3) is 0. The molecular formula is C22H13N2. The maximum Gasteiger partial charge on any atom is 0.0978 e. The van der Waals surface area contributed by atoms with Gasteiger partial charge in [-0.05, 0) is 23.6 Å². The largest absolute Gasteiger partial charge is 0.248 e. The first-order valence-corrected chi connectivity index (χ1v) is 7.95. The number of benzene rings is 3. The third-order valence-electron chi connectivity index (χ3n) is 4.39. The van der Waals surface area contributed by atoms with Gasteiger partial charge in [0, 0.05) is 21.7 Å². The Morgan fingerprint density at radius 2 is 1.29 bits per heavy atom. The zero-order chi connectivity index (χ0) is 15.9. The van der Waals surface area contributed by atoms with Crippen molar-refractivity contribution in [3.05, 3.63) is 85.1 Å². The predicted molar refractivity (Wildman–Crippen MR) is 98.8 cm³/mol. The molecule has 111 valence electrons. The van der Waals surface area contributed by atoms with Gasteiger partial charge in [0.1, 0.15) is 0 Å². The second-order valence-electron chi connectivity index (χ2n) is 5.86. The van der Waals surface area contributed by atoms with Gasteiger partial charge in [0.05, 0.1) is 22.9 Å². The van der Waals surface area contributed by atoms with E-state index in [1.807, 2.05) is 42.5 Å². The first-order valence-electron chi connectivity index (χ1n) is 7.95. The number of hydrogen-bond donors (Lipinski definition) is 0. The molecule has 2 heteroatoms. The molecule has 0 bridgehead atoms. The molecule has 5 rings (SSSR count). The summed E-state index contributed by atoms with van der Waals surface area (Å²) in [5.41, 5.74) is 4.03. The van der Waals surface area contributed by atoms with Gasteiger partial charge in [-0.15, -0.1) is 0 Å². The molecule has 2 aromatic heterocycles. The van der Waals surface area contributed by atoms with Gasteiger partial charge in [-0.2, -0.15) is 0 Å². The van der Waals surface area contributed by atoms with E-state index in [1.54, 1.807) is 0 Å². The molecule has 2 heterocycles. The Labute approximate surface area is 139 Å². The molecule has 0 aliphatic heterocycles. The van der Waals surface area contributed by atoms with Gasteiger partial charge in [0.15, 0.2) is 0 Å². The van der Waals surface area contributed by atoms with E-state index in [9.17, 15) is 0 Å². The second kappa shape index (κ2) is 5.14. The Kier molecular flexibility index (Phi) is 2.83. The number of nitrogens with zero attached hydrogens (tertiary/aromatic N) is 2. The highest BCUT2D eigenvalue weighted by Crippen LogP contribution is 2.34. The molecule has 2 nitrogen and oxygen atoms in total. The standard InChI is InChI=1S/C22H13N2/c1-2-8-16-14-23-21(13-15(16)7-1)22-17-9-3-5-11-19(17)24-20-12-6-4-10-18(20)22/h1-13H. The Bertz CT molecular complexity index is 1150. The molecule has 0 amide bonds. The minimum Gasteiger partial charge on any atom is -0.248 e. The van der Waals surface area contributed by atoms with Gasteiger partial charge in [-0.3, -0.25) is 0 Å². The van der Waals surface area contributed by atoms with E-state index < -0.39 is 0 Å². The molecule has 1 radical (unpaired) electrons. The van der Waals surface area contributed by atoms with Crippen LogP contribution in [0.3, 0.4) is 0 Å². The Morgan fingerprint density at radius 1 is 0.667 bits per heavy atom. The van der Waals surface area contributed by atoms with Gasteiger partial charge in [0.2, 0.25) is 0 Å². The average Bonchev–Trinajstić information content (AvgIpc) is 2.65. The zero-order valence-electron chi connectivity index (χ0n) is 12.9. The maximum atomic E-state index is 4.79. The summed E-state index contributed by atoms with van der Waals surface area (Å²) in [5.74, 6) is 0. The van der Waals surface area contributed by atoms with Crippen molar-refractivity contribution in [3.63, 3.8) is 0 Å². The summed E-state index contributed by atoms with van der Waals surface area (Å²) in [5, 5.41) is 4.41. The zero-order valence-corrected chi connectivity index (χ0v) is 12.9. The molecule has 0 aliphatic rings. The van der Waals surface area contributed by atoms with E-state index in [4.69, 9.17) is 4.98 Å². The SMILES string of the molecule is [c]1nc(-c2c3ccccc3nc3ccccc23)cc2ccccc12. The Balaban J connectivity index is 1.94. The fourth-order valence-corrected chi connectivity index (χ4v) is 3.27. The number of pyridine rings is 2. The molecule has 3 aromatic carbocycles. The van der Waals surface area contributed by atoms with Crippen LogP contribution in [-0.2, 0) is 0 Å². The molecule has 0 spiro atoms. The summed E-state index contributed by atoms with van der Waals surface area (Å²) in [6.45, 7) is 0. The first kappa shape index (κ1) is 13.2. The number of aromatic nitrogens is 2. The van der Waals surface area contributed by atoms with E-state index >= 15 is 0 Å². The molecule has 0 aliphatic carbocycles. The van der Waals surface area contributed by atoms with Gasteiger partial charge in [-0.1, -0.05) is 60.7 Å². The lowest BCUT2D eigenvalue weighted by Gasteiger charge is -2.11. The third kappa shape index (κ3) is 1.97. The molecule has 5 aromatic rings. The lowest BCUT2D eigenvalue weighted by atomic mass is 9.98. The summed E-state index contributed by atoms with van der Waals surface area (Å²) in [6.07, 6.45) is 3.18. The van der Waals surface area contributed by atoms with Gasteiger partial charge >= 0.3 is 0 Å². The molecule has 0 saturated carbocycles. The van der Waals surface area contributed by atoms with E-state index in [2.05, 4.69) is 47.6 Å². The summed E-state index contributed by atoms with van der Waals surface area (Å²) in [7, 11) is 0. The van der Waals surface area contributed by atoms with Crippen molar-refractivity contribution in [2.45, 2.75) is 0 Å². The van der Waals surface area contributed by atoms with E-state index in [-0.39, 0.29) is 0 Å². The van der Waals surface area contributed by atoms with Crippen molar-refractivity contribution in [2.75, 3.05) is 0 Å².